The Labute approximate surface area is 100 Å². The van der Waals surface area contributed by atoms with Gasteiger partial charge in [-0.15, -0.1) is 22.6 Å². The monoisotopic (exact) mass is 242 g/mol. The smallest absolute Gasteiger partial charge is 0.246 e. The van der Waals surface area contributed by atoms with Crippen molar-refractivity contribution in [3.63, 3.8) is 0 Å². The van der Waals surface area contributed by atoms with E-state index in [1.165, 1.54) is 6.42 Å². The number of nitrogens with one attached hydrogen (secondary N) is 2. The highest BCUT2D eigenvalue weighted by molar-refractivity contribution is 5.85. The van der Waals surface area contributed by atoms with Crippen molar-refractivity contribution in [2.75, 3.05) is 0 Å². The number of aromatic amines is 2. The molecule has 0 aliphatic carbocycles. The molecular formula is C9H15ClN6. The number of hydrogen-bond donors (Lipinski definition) is 2. The van der Waals surface area contributed by atoms with Crippen molar-refractivity contribution in [2.24, 2.45) is 10.2 Å². The number of azo groups is 1. The molecule has 7 heteroatoms. The van der Waals surface area contributed by atoms with Gasteiger partial charge in [0, 0.05) is 24.8 Å². The van der Waals surface area contributed by atoms with Crippen LogP contribution in [0.4, 0.5) is 11.9 Å². The summed E-state index contributed by atoms with van der Waals surface area (Å²) in [7, 11) is 0. The first kappa shape index (κ1) is 14.3. The quantitative estimate of drug-likeness (QED) is 0.792. The summed E-state index contributed by atoms with van der Waals surface area (Å²) >= 11 is 0. The van der Waals surface area contributed by atoms with E-state index in [2.05, 4.69) is 44.0 Å². The van der Waals surface area contributed by atoms with E-state index in [1.807, 2.05) is 0 Å². The second-order valence-corrected chi connectivity index (χ2v) is 2.73. The van der Waals surface area contributed by atoms with E-state index in [1.54, 1.807) is 24.8 Å². The summed E-state index contributed by atoms with van der Waals surface area (Å²) in [5, 5.41) is 7.55. The van der Waals surface area contributed by atoms with E-state index in [0.29, 0.717) is 11.9 Å². The summed E-state index contributed by atoms with van der Waals surface area (Å²) in [6.07, 6.45) is 7.82. The molecule has 2 N–H and O–H groups in total. The molecule has 0 aliphatic rings. The Morgan fingerprint density at radius 3 is 1.62 bits per heavy atom. The van der Waals surface area contributed by atoms with E-state index >= 15 is 0 Å². The lowest BCUT2D eigenvalue weighted by molar-refractivity contribution is 1.07. The van der Waals surface area contributed by atoms with Crippen LogP contribution >= 0.6 is 12.4 Å². The average molecular weight is 243 g/mol. The summed E-state index contributed by atoms with van der Waals surface area (Å²) in [5.74, 6) is 0.929. The predicted octanol–water partition coefficient (Wildman–Crippen LogP) is 3.39. The van der Waals surface area contributed by atoms with Gasteiger partial charge in [0.1, 0.15) is 0 Å². The fourth-order valence-corrected chi connectivity index (χ4v) is 0.718. The number of hydrogen-bond acceptors (Lipinski definition) is 4. The third-order valence-electron chi connectivity index (χ3n) is 1.21. The van der Waals surface area contributed by atoms with Gasteiger partial charge in [-0.25, -0.2) is 9.97 Å². The first-order valence-electron chi connectivity index (χ1n) is 4.77. The molecule has 0 aromatic carbocycles. The zero-order chi connectivity index (χ0) is 10.9. The molecule has 0 saturated heterocycles. The minimum Gasteiger partial charge on any atom is -0.328 e. The lowest BCUT2D eigenvalue weighted by atomic mass is 10.6. The van der Waals surface area contributed by atoms with Crippen molar-refractivity contribution < 1.29 is 0 Å². The third kappa shape index (κ3) is 5.26. The van der Waals surface area contributed by atoms with E-state index in [-0.39, 0.29) is 12.4 Å². The SMILES string of the molecule is CCC.Cl.c1c[nH]c(N=Nc2ncc[nH]2)n1. The number of aromatic nitrogens is 4. The average Bonchev–Trinajstić information content (AvgIpc) is 2.90. The van der Waals surface area contributed by atoms with Crippen LogP contribution in [0.5, 0.6) is 0 Å². The number of halogens is 1. The van der Waals surface area contributed by atoms with Crippen molar-refractivity contribution in [3.8, 4) is 0 Å². The van der Waals surface area contributed by atoms with Crippen molar-refractivity contribution in [2.45, 2.75) is 20.3 Å². The molecule has 2 rings (SSSR count). The Balaban J connectivity index is 0.000000511. The Morgan fingerprint density at radius 1 is 1.00 bits per heavy atom. The van der Waals surface area contributed by atoms with E-state index in [0.717, 1.165) is 0 Å². The van der Waals surface area contributed by atoms with Gasteiger partial charge in [0.15, 0.2) is 0 Å². The van der Waals surface area contributed by atoms with Gasteiger partial charge in [-0.3, -0.25) is 0 Å². The van der Waals surface area contributed by atoms with Gasteiger partial charge in [-0.05, 0) is 0 Å². The molecule has 0 aliphatic heterocycles. The molecule has 0 saturated carbocycles. The zero-order valence-electron chi connectivity index (χ0n) is 9.21. The van der Waals surface area contributed by atoms with Gasteiger partial charge in [0.2, 0.25) is 11.9 Å². The van der Waals surface area contributed by atoms with Crippen LogP contribution in [-0.4, -0.2) is 19.9 Å². The highest BCUT2D eigenvalue weighted by Crippen LogP contribution is 2.07. The number of H-pyrrole nitrogens is 2. The summed E-state index contributed by atoms with van der Waals surface area (Å²) in [4.78, 5) is 13.3. The summed E-state index contributed by atoms with van der Waals surface area (Å²) in [6, 6.07) is 0. The topological polar surface area (TPSA) is 82.1 Å². The van der Waals surface area contributed by atoms with Crippen molar-refractivity contribution >= 4 is 24.3 Å². The van der Waals surface area contributed by atoms with Gasteiger partial charge in [0.25, 0.3) is 0 Å². The normalized spacial score (nSPS) is 9.38. The molecule has 2 aromatic heterocycles. The van der Waals surface area contributed by atoms with Crippen molar-refractivity contribution in [1.29, 1.82) is 0 Å². The van der Waals surface area contributed by atoms with Crippen molar-refractivity contribution in [1.82, 2.24) is 19.9 Å². The van der Waals surface area contributed by atoms with Crippen LogP contribution in [0.1, 0.15) is 20.3 Å². The number of rotatable bonds is 2. The maximum atomic E-state index is 3.86. The molecule has 0 fully saturated rings. The molecule has 0 bridgehead atoms. The van der Waals surface area contributed by atoms with E-state index in [4.69, 9.17) is 0 Å². The van der Waals surface area contributed by atoms with E-state index in [9.17, 15) is 0 Å². The van der Waals surface area contributed by atoms with Gasteiger partial charge in [-0.1, -0.05) is 20.3 Å². The molecule has 0 amide bonds. The maximum absolute atomic E-state index is 3.86. The minimum absolute atomic E-state index is 0. The van der Waals surface area contributed by atoms with Gasteiger partial charge in [-0.2, -0.15) is 0 Å². The highest BCUT2D eigenvalue weighted by atomic mass is 35.5. The van der Waals surface area contributed by atoms with Gasteiger partial charge in [0.05, 0.1) is 0 Å². The molecule has 6 nitrogen and oxygen atoms in total. The van der Waals surface area contributed by atoms with Crippen LogP contribution in [0.3, 0.4) is 0 Å². The van der Waals surface area contributed by atoms with Crippen LogP contribution in [0.15, 0.2) is 35.0 Å². The molecule has 0 radical (unpaired) electrons. The Bertz CT molecular complexity index is 330. The molecule has 16 heavy (non-hydrogen) atoms. The molecule has 88 valence electrons. The maximum Gasteiger partial charge on any atom is 0.246 e. The zero-order valence-corrected chi connectivity index (χ0v) is 10.0. The summed E-state index contributed by atoms with van der Waals surface area (Å²) in [6.45, 7) is 4.25. The molecule has 2 aromatic rings. The van der Waals surface area contributed by atoms with Crippen LogP contribution < -0.4 is 0 Å². The van der Waals surface area contributed by atoms with Gasteiger partial charge >= 0.3 is 0 Å². The second-order valence-electron chi connectivity index (χ2n) is 2.73. The fraction of sp³-hybridized carbons (Fsp3) is 0.333. The first-order valence-corrected chi connectivity index (χ1v) is 4.77. The molecule has 0 atom stereocenters. The number of imidazole rings is 2. The third-order valence-corrected chi connectivity index (χ3v) is 1.21. The van der Waals surface area contributed by atoms with Crippen LogP contribution in [0, 0.1) is 0 Å². The predicted molar refractivity (Wildman–Crippen MR) is 64.6 cm³/mol. The van der Waals surface area contributed by atoms with Crippen molar-refractivity contribution in [3.05, 3.63) is 24.8 Å². The highest BCUT2D eigenvalue weighted by Gasteiger charge is 1.90. The minimum atomic E-state index is 0. The second kappa shape index (κ2) is 8.60. The Hall–Kier alpha value is -1.69. The molecular weight excluding hydrogens is 228 g/mol. The molecule has 2 heterocycles. The lowest BCUT2D eigenvalue weighted by Crippen LogP contribution is -1.66. The number of nitrogens with zero attached hydrogens (tertiary/aromatic N) is 4. The Morgan fingerprint density at radius 2 is 1.38 bits per heavy atom. The first-order chi connectivity index (χ1) is 7.36. The molecule has 0 unspecified atom stereocenters. The largest absolute Gasteiger partial charge is 0.328 e. The molecule has 0 spiro atoms. The summed E-state index contributed by atoms with van der Waals surface area (Å²) in [5.41, 5.74) is 0. The van der Waals surface area contributed by atoms with Crippen LogP contribution in [0.25, 0.3) is 0 Å². The Kier molecular flexibility index (Phi) is 7.70. The summed E-state index contributed by atoms with van der Waals surface area (Å²) < 4.78 is 0. The van der Waals surface area contributed by atoms with Crippen LogP contribution in [-0.2, 0) is 0 Å². The van der Waals surface area contributed by atoms with Crippen LogP contribution in [0.2, 0.25) is 0 Å². The standard InChI is InChI=1S/C6H6N6.C3H8.ClH/c1-2-8-5(7-1)11-12-6-9-3-4-10-6;1-3-2;/h1-4H,(H,7,8)(H,9,10);3H2,1-2H3;1H. The van der Waals surface area contributed by atoms with Gasteiger partial charge < -0.3 is 9.97 Å². The van der Waals surface area contributed by atoms with E-state index < -0.39 is 0 Å². The lowest BCUT2D eigenvalue weighted by Gasteiger charge is -1.80. The fourth-order valence-electron chi connectivity index (χ4n) is 0.718.